The van der Waals surface area contributed by atoms with Crippen LogP contribution in [0.4, 0.5) is 0 Å². The second kappa shape index (κ2) is 3.93. The minimum absolute atomic E-state index is 0. The zero-order valence-electron chi connectivity index (χ0n) is 6.06. The summed E-state index contributed by atoms with van der Waals surface area (Å²) in [5, 5.41) is 0. The van der Waals surface area contributed by atoms with Crippen LogP contribution in [0.5, 0.6) is 0 Å². The van der Waals surface area contributed by atoms with Crippen LogP contribution in [0, 0.1) is 0 Å². The van der Waals surface area contributed by atoms with Gasteiger partial charge in [0.1, 0.15) is 10.00 Å². The Bertz CT molecular complexity index is 123. The van der Waals surface area contributed by atoms with Crippen molar-refractivity contribution in [2.24, 2.45) is 11.5 Å². The molecule has 1 saturated carbocycles. The second-order valence-electron chi connectivity index (χ2n) is 2.93. The van der Waals surface area contributed by atoms with Crippen molar-refractivity contribution in [3.63, 3.8) is 0 Å². The first-order valence-electron chi connectivity index (χ1n) is 3.41. The number of rotatable bonds is 0. The molecule has 1 rings (SSSR count). The summed E-state index contributed by atoms with van der Waals surface area (Å²) in [5.41, 5.74) is 11.3. The molecule has 0 heterocycles. The maximum absolute atomic E-state index is 5.88. The summed E-state index contributed by atoms with van der Waals surface area (Å²) in [6.07, 6.45) is 3.44. The molecular weight excluding hydrogens is 366 g/mol. The van der Waals surface area contributed by atoms with Gasteiger partial charge in [-0.25, -0.2) is 0 Å². The minimum Gasteiger partial charge on any atom is -0.310 e. The van der Waals surface area contributed by atoms with Crippen molar-refractivity contribution in [2.75, 3.05) is 0 Å². The van der Waals surface area contributed by atoms with Gasteiger partial charge >= 0.3 is 0 Å². The standard InChI is InChI=1S/C6H12Cl2N2.Pt/c7-5(9)3-1-2-4-6(5,8)10;/h1-4,9-10H2;. The molecule has 0 saturated heterocycles. The van der Waals surface area contributed by atoms with Crippen LogP contribution >= 0.6 is 23.2 Å². The smallest absolute Gasteiger partial charge is 0.123 e. The minimum atomic E-state index is -0.910. The monoisotopic (exact) mass is 377 g/mol. The fraction of sp³-hybridized carbons (Fsp3) is 1.00. The molecule has 0 spiro atoms. The van der Waals surface area contributed by atoms with Gasteiger partial charge in [-0.2, -0.15) is 0 Å². The summed E-state index contributed by atoms with van der Waals surface area (Å²) in [4.78, 5) is -1.82. The summed E-state index contributed by atoms with van der Waals surface area (Å²) in [7, 11) is 0. The maximum atomic E-state index is 5.88. The molecule has 70 valence electrons. The molecule has 11 heavy (non-hydrogen) atoms. The number of nitrogens with two attached hydrogens (primary N) is 2. The summed E-state index contributed by atoms with van der Waals surface area (Å²) >= 11 is 11.8. The Balaban J connectivity index is 0.000001000. The molecule has 1 fully saturated rings. The Morgan fingerprint density at radius 3 is 1.36 bits per heavy atom. The predicted molar refractivity (Wildman–Crippen MR) is 44.0 cm³/mol. The van der Waals surface area contributed by atoms with Gasteiger partial charge in [0.05, 0.1) is 0 Å². The molecule has 0 aromatic rings. The molecule has 2 unspecified atom stereocenters. The summed E-state index contributed by atoms with van der Waals surface area (Å²) in [6.45, 7) is 0. The summed E-state index contributed by atoms with van der Waals surface area (Å²) in [6, 6.07) is 0. The molecule has 0 aromatic heterocycles. The van der Waals surface area contributed by atoms with E-state index in [2.05, 4.69) is 0 Å². The molecule has 4 N–H and O–H groups in total. The second-order valence-corrected chi connectivity index (χ2v) is 4.28. The average Bonchev–Trinajstić information content (AvgIpc) is 1.77. The molecule has 0 aliphatic heterocycles. The third-order valence-electron chi connectivity index (χ3n) is 2.02. The largest absolute Gasteiger partial charge is 0.310 e. The van der Waals surface area contributed by atoms with Crippen molar-refractivity contribution < 1.29 is 21.1 Å². The third kappa shape index (κ3) is 2.57. The number of hydrogen-bond acceptors (Lipinski definition) is 2. The van der Waals surface area contributed by atoms with Gasteiger partial charge in [0, 0.05) is 21.1 Å². The third-order valence-corrected chi connectivity index (χ3v) is 3.17. The predicted octanol–water partition coefficient (Wildman–Crippen LogP) is 1.35. The van der Waals surface area contributed by atoms with Gasteiger partial charge in [0.2, 0.25) is 0 Å². The van der Waals surface area contributed by atoms with Crippen LogP contribution < -0.4 is 11.5 Å². The van der Waals surface area contributed by atoms with Crippen molar-refractivity contribution in [3.05, 3.63) is 0 Å². The number of alkyl halides is 2. The summed E-state index contributed by atoms with van der Waals surface area (Å²) in [5.74, 6) is 0. The van der Waals surface area contributed by atoms with Gasteiger partial charge in [0.15, 0.2) is 0 Å². The molecule has 0 bridgehead atoms. The topological polar surface area (TPSA) is 52.0 Å². The zero-order chi connectivity index (χ0) is 7.83. The SMILES string of the molecule is NC1(Cl)CCCCC1(N)Cl.[Pt]. The van der Waals surface area contributed by atoms with Crippen molar-refractivity contribution in [1.82, 2.24) is 0 Å². The first kappa shape index (κ1) is 12.2. The Morgan fingerprint density at radius 2 is 1.18 bits per heavy atom. The molecule has 5 heteroatoms. The van der Waals surface area contributed by atoms with E-state index in [1.807, 2.05) is 0 Å². The number of halogens is 2. The van der Waals surface area contributed by atoms with Gasteiger partial charge in [-0.3, -0.25) is 0 Å². The van der Waals surface area contributed by atoms with Crippen LogP contribution in [0.25, 0.3) is 0 Å². The molecule has 1 aliphatic rings. The van der Waals surface area contributed by atoms with Crippen LogP contribution in [-0.4, -0.2) is 10.00 Å². The fourth-order valence-corrected chi connectivity index (χ4v) is 1.64. The number of hydrogen-bond donors (Lipinski definition) is 2. The van der Waals surface area contributed by atoms with Crippen LogP contribution in [0.2, 0.25) is 0 Å². The Kier molecular flexibility index (Phi) is 4.36. The van der Waals surface area contributed by atoms with E-state index in [1.54, 1.807) is 0 Å². The van der Waals surface area contributed by atoms with E-state index >= 15 is 0 Å². The van der Waals surface area contributed by atoms with E-state index in [9.17, 15) is 0 Å². The quantitative estimate of drug-likeness (QED) is 0.494. The molecule has 0 radical (unpaired) electrons. The van der Waals surface area contributed by atoms with Crippen LogP contribution in [0.1, 0.15) is 25.7 Å². The fourth-order valence-electron chi connectivity index (χ4n) is 1.18. The maximum Gasteiger partial charge on any atom is 0.123 e. The van der Waals surface area contributed by atoms with Crippen molar-refractivity contribution in [3.8, 4) is 0 Å². The van der Waals surface area contributed by atoms with Gasteiger partial charge in [0.25, 0.3) is 0 Å². The van der Waals surface area contributed by atoms with Gasteiger partial charge in [-0.05, 0) is 12.8 Å². The Labute approximate surface area is 91.2 Å². The van der Waals surface area contributed by atoms with Crippen molar-refractivity contribution in [1.29, 1.82) is 0 Å². The van der Waals surface area contributed by atoms with E-state index in [4.69, 9.17) is 34.7 Å². The van der Waals surface area contributed by atoms with Gasteiger partial charge in [-0.15, -0.1) is 0 Å². The molecule has 0 aromatic carbocycles. The van der Waals surface area contributed by atoms with Crippen molar-refractivity contribution >= 4 is 23.2 Å². The molecule has 0 amide bonds. The van der Waals surface area contributed by atoms with E-state index in [0.29, 0.717) is 12.8 Å². The van der Waals surface area contributed by atoms with Crippen LogP contribution in [-0.2, 0) is 21.1 Å². The van der Waals surface area contributed by atoms with Gasteiger partial charge in [-0.1, -0.05) is 36.0 Å². The van der Waals surface area contributed by atoms with E-state index in [0.717, 1.165) is 12.8 Å². The molecular formula is C6H12Cl2N2Pt. The zero-order valence-corrected chi connectivity index (χ0v) is 9.84. The Hall–Kier alpha value is 1.19. The Morgan fingerprint density at radius 1 is 0.909 bits per heavy atom. The first-order chi connectivity index (χ1) is 4.46. The first-order valence-corrected chi connectivity index (χ1v) is 4.17. The molecule has 2 atom stereocenters. The van der Waals surface area contributed by atoms with Crippen LogP contribution in [0.3, 0.4) is 0 Å². The van der Waals surface area contributed by atoms with E-state index in [1.165, 1.54) is 0 Å². The van der Waals surface area contributed by atoms with Gasteiger partial charge < -0.3 is 11.5 Å². The van der Waals surface area contributed by atoms with E-state index in [-0.39, 0.29) is 21.1 Å². The molecule has 1 aliphatic carbocycles. The van der Waals surface area contributed by atoms with E-state index < -0.39 is 10.00 Å². The van der Waals surface area contributed by atoms with Crippen LogP contribution in [0.15, 0.2) is 0 Å². The average molecular weight is 378 g/mol. The normalized spacial score (nSPS) is 44.7. The summed E-state index contributed by atoms with van der Waals surface area (Å²) < 4.78 is 0. The molecule has 2 nitrogen and oxygen atoms in total. The van der Waals surface area contributed by atoms with Crippen molar-refractivity contribution in [2.45, 2.75) is 35.7 Å².